The van der Waals surface area contributed by atoms with E-state index < -0.39 is 0 Å². The van der Waals surface area contributed by atoms with Crippen molar-refractivity contribution in [2.24, 2.45) is 10.9 Å². The molecule has 0 unspecified atom stereocenters. The van der Waals surface area contributed by atoms with Crippen LogP contribution in [0, 0.1) is 0 Å². The number of amidine groups is 1. The summed E-state index contributed by atoms with van der Waals surface area (Å²) < 4.78 is 1.09. The lowest BCUT2D eigenvalue weighted by atomic mass is 10.1. The largest absolute Gasteiger partial charge is 0.409 e. The van der Waals surface area contributed by atoms with Crippen LogP contribution in [0.2, 0.25) is 0 Å². The first-order valence-electron chi connectivity index (χ1n) is 5.66. The van der Waals surface area contributed by atoms with Crippen LogP contribution in [0.3, 0.4) is 0 Å². The number of aryl methyl sites for hydroxylation is 1. The van der Waals surface area contributed by atoms with Crippen molar-refractivity contribution >= 4 is 27.5 Å². The molecule has 4 N–H and O–H groups in total. The van der Waals surface area contributed by atoms with Gasteiger partial charge in [-0.1, -0.05) is 28.0 Å². The Labute approximate surface area is 110 Å². The average molecular weight is 300 g/mol. The molecule has 1 rings (SSSR count). The number of anilines is 1. The smallest absolute Gasteiger partial charge is 0.139 e. The molecule has 0 bridgehead atoms. The maximum atomic E-state index is 8.40. The molecule has 17 heavy (non-hydrogen) atoms. The maximum absolute atomic E-state index is 8.40. The highest BCUT2D eigenvalue weighted by Gasteiger charge is 2.01. The summed E-state index contributed by atoms with van der Waals surface area (Å²) in [5.74, 6) is 0.276. The van der Waals surface area contributed by atoms with E-state index >= 15 is 0 Å². The first-order valence-corrected chi connectivity index (χ1v) is 6.45. The van der Waals surface area contributed by atoms with Gasteiger partial charge in [0.1, 0.15) is 5.84 Å². The summed E-state index contributed by atoms with van der Waals surface area (Å²) in [6, 6.07) is 6.20. The average Bonchev–Trinajstić information content (AvgIpc) is 2.35. The van der Waals surface area contributed by atoms with Gasteiger partial charge in [0.25, 0.3) is 0 Å². The number of nitrogens with zero attached hydrogens (tertiary/aromatic N) is 1. The molecule has 0 aliphatic heterocycles. The minimum Gasteiger partial charge on any atom is -0.409 e. The molecule has 1 aromatic rings. The van der Waals surface area contributed by atoms with Gasteiger partial charge in [0.2, 0.25) is 0 Å². The molecule has 0 fully saturated rings. The van der Waals surface area contributed by atoms with Crippen LogP contribution < -0.4 is 11.1 Å². The molecule has 0 atom stereocenters. The third kappa shape index (κ3) is 4.65. The maximum Gasteiger partial charge on any atom is 0.139 e. The van der Waals surface area contributed by atoms with E-state index in [9.17, 15) is 0 Å². The summed E-state index contributed by atoms with van der Waals surface area (Å²) in [4.78, 5) is 0. The second-order valence-corrected chi connectivity index (χ2v) is 4.69. The van der Waals surface area contributed by atoms with Crippen molar-refractivity contribution in [2.45, 2.75) is 26.2 Å². The summed E-state index contributed by atoms with van der Waals surface area (Å²) in [7, 11) is 0. The predicted molar refractivity (Wildman–Crippen MR) is 74.7 cm³/mol. The zero-order valence-corrected chi connectivity index (χ0v) is 11.5. The fourth-order valence-electron chi connectivity index (χ4n) is 1.57. The van der Waals surface area contributed by atoms with Crippen molar-refractivity contribution in [1.29, 1.82) is 0 Å². The van der Waals surface area contributed by atoms with E-state index in [1.165, 1.54) is 5.56 Å². The number of benzene rings is 1. The molecule has 0 aromatic heterocycles. The number of hydrogen-bond donors (Lipinski definition) is 3. The van der Waals surface area contributed by atoms with Crippen molar-refractivity contribution in [3.63, 3.8) is 0 Å². The third-order valence-electron chi connectivity index (χ3n) is 2.50. The Morgan fingerprint density at radius 3 is 2.94 bits per heavy atom. The number of nitrogens with two attached hydrogens (primary N) is 1. The highest BCUT2D eigenvalue weighted by atomic mass is 79.9. The molecule has 0 aliphatic carbocycles. The van der Waals surface area contributed by atoms with Crippen molar-refractivity contribution in [1.82, 2.24) is 0 Å². The second-order valence-electron chi connectivity index (χ2n) is 3.78. The van der Waals surface area contributed by atoms with Crippen LogP contribution in [0.25, 0.3) is 0 Å². The van der Waals surface area contributed by atoms with Crippen LogP contribution >= 0.6 is 15.9 Å². The number of rotatable bonds is 6. The van der Waals surface area contributed by atoms with E-state index in [0.717, 1.165) is 29.5 Å². The monoisotopic (exact) mass is 299 g/mol. The SMILES string of the molecule is CCc1cc(Br)ccc1NCCC/C(N)=N/O. The normalized spacial score (nSPS) is 11.5. The van der Waals surface area contributed by atoms with Crippen LogP contribution in [-0.2, 0) is 6.42 Å². The summed E-state index contributed by atoms with van der Waals surface area (Å²) >= 11 is 3.46. The lowest BCUT2D eigenvalue weighted by Gasteiger charge is -2.11. The topological polar surface area (TPSA) is 70.6 Å². The molecule has 0 radical (unpaired) electrons. The number of halogens is 1. The third-order valence-corrected chi connectivity index (χ3v) is 3.00. The van der Waals surface area contributed by atoms with Crippen LogP contribution in [0.1, 0.15) is 25.3 Å². The second kappa shape index (κ2) is 7.17. The molecule has 0 heterocycles. The standard InChI is InChI=1S/C12H18BrN3O/c1-2-9-8-10(13)5-6-11(9)15-7-3-4-12(14)16-17/h5-6,8,15,17H,2-4,7H2,1H3,(H2,14,16). The summed E-state index contributed by atoms with van der Waals surface area (Å²) in [6.07, 6.45) is 2.43. The number of nitrogens with one attached hydrogen (secondary N) is 1. The van der Waals surface area contributed by atoms with Gasteiger partial charge in [-0.25, -0.2) is 0 Å². The quantitative estimate of drug-likeness (QED) is 0.249. The highest BCUT2D eigenvalue weighted by molar-refractivity contribution is 9.10. The van der Waals surface area contributed by atoms with E-state index in [-0.39, 0.29) is 5.84 Å². The first kappa shape index (κ1) is 13.8. The molecule has 0 saturated heterocycles. The first-order chi connectivity index (χ1) is 8.17. The molecule has 0 spiro atoms. The van der Waals surface area contributed by atoms with Gasteiger partial charge in [0.05, 0.1) is 0 Å². The fourth-order valence-corrected chi connectivity index (χ4v) is 1.98. The van der Waals surface area contributed by atoms with Crippen LogP contribution in [0.5, 0.6) is 0 Å². The fraction of sp³-hybridized carbons (Fsp3) is 0.417. The molecule has 1 aromatic carbocycles. The zero-order valence-electron chi connectivity index (χ0n) is 9.91. The van der Waals surface area contributed by atoms with Crippen molar-refractivity contribution in [2.75, 3.05) is 11.9 Å². The molecule has 0 amide bonds. The van der Waals surface area contributed by atoms with Gasteiger partial charge in [0, 0.05) is 23.1 Å². The molecule has 4 nitrogen and oxygen atoms in total. The molecule has 5 heteroatoms. The Bertz CT molecular complexity index is 393. The summed E-state index contributed by atoms with van der Waals surface area (Å²) in [6.45, 7) is 2.94. The van der Waals surface area contributed by atoms with Gasteiger partial charge in [-0.15, -0.1) is 0 Å². The predicted octanol–water partition coefficient (Wildman–Crippen LogP) is 2.95. The molecular formula is C12H18BrN3O. The molecule has 0 aliphatic rings. The van der Waals surface area contributed by atoms with E-state index in [1.807, 2.05) is 6.07 Å². The van der Waals surface area contributed by atoms with Gasteiger partial charge in [-0.2, -0.15) is 0 Å². The van der Waals surface area contributed by atoms with Gasteiger partial charge < -0.3 is 16.3 Å². The Morgan fingerprint density at radius 2 is 2.29 bits per heavy atom. The minimum atomic E-state index is 0.276. The number of hydrogen-bond acceptors (Lipinski definition) is 3. The zero-order chi connectivity index (χ0) is 12.7. The lowest BCUT2D eigenvalue weighted by molar-refractivity contribution is 0.316. The Kier molecular flexibility index (Phi) is 5.83. The van der Waals surface area contributed by atoms with Gasteiger partial charge >= 0.3 is 0 Å². The van der Waals surface area contributed by atoms with Crippen molar-refractivity contribution in [3.05, 3.63) is 28.2 Å². The van der Waals surface area contributed by atoms with E-state index in [1.54, 1.807) is 0 Å². The van der Waals surface area contributed by atoms with Crippen molar-refractivity contribution in [3.8, 4) is 0 Å². The minimum absolute atomic E-state index is 0.276. The molecule has 94 valence electrons. The van der Waals surface area contributed by atoms with Crippen LogP contribution in [0.4, 0.5) is 5.69 Å². The Balaban J connectivity index is 2.46. The van der Waals surface area contributed by atoms with Gasteiger partial charge in [-0.3, -0.25) is 0 Å². The summed E-state index contributed by atoms with van der Waals surface area (Å²) in [5, 5.41) is 14.7. The van der Waals surface area contributed by atoms with Crippen LogP contribution in [-0.4, -0.2) is 17.6 Å². The van der Waals surface area contributed by atoms with Gasteiger partial charge in [-0.05, 0) is 36.6 Å². The Morgan fingerprint density at radius 1 is 1.53 bits per heavy atom. The van der Waals surface area contributed by atoms with Crippen LogP contribution in [0.15, 0.2) is 27.8 Å². The highest BCUT2D eigenvalue weighted by Crippen LogP contribution is 2.21. The van der Waals surface area contributed by atoms with E-state index in [2.05, 4.69) is 45.5 Å². The van der Waals surface area contributed by atoms with E-state index in [0.29, 0.717) is 6.42 Å². The van der Waals surface area contributed by atoms with E-state index in [4.69, 9.17) is 10.9 Å². The molecule has 0 saturated carbocycles. The molecular weight excluding hydrogens is 282 g/mol. The van der Waals surface area contributed by atoms with Crippen molar-refractivity contribution < 1.29 is 5.21 Å². The lowest BCUT2D eigenvalue weighted by Crippen LogP contribution is -2.13. The van der Waals surface area contributed by atoms with Gasteiger partial charge in [0.15, 0.2) is 0 Å². The Hall–Kier alpha value is -1.23. The summed E-state index contributed by atoms with van der Waals surface area (Å²) in [5.41, 5.74) is 7.82. The number of oxime groups is 1.